The van der Waals surface area contributed by atoms with E-state index in [-0.39, 0.29) is 12.5 Å². The Hall–Kier alpha value is -0.250. The minimum atomic E-state index is -4.05. The molecule has 0 radical (unpaired) electrons. The van der Waals surface area contributed by atoms with E-state index in [9.17, 15) is 13.2 Å². The van der Waals surface area contributed by atoms with E-state index in [1.807, 2.05) is 0 Å². The van der Waals surface area contributed by atoms with Crippen molar-refractivity contribution < 1.29 is 13.2 Å². The quantitative estimate of drug-likeness (QED) is 0.734. The van der Waals surface area contributed by atoms with Crippen LogP contribution in [0.5, 0.6) is 0 Å². The predicted molar refractivity (Wildman–Crippen MR) is 59.1 cm³/mol. The minimum Gasteiger partial charge on any atom is -0.328 e. The van der Waals surface area contributed by atoms with Crippen LogP contribution in [0.25, 0.3) is 0 Å². The highest BCUT2D eigenvalue weighted by Crippen LogP contribution is 2.28. The summed E-state index contributed by atoms with van der Waals surface area (Å²) in [5, 5.41) is 0. The molecule has 1 unspecified atom stereocenters. The number of rotatable bonds is 4. The van der Waals surface area contributed by atoms with Gasteiger partial charge in [0, 0.05) is 12.5 Å². The topological polar surface area (TPSA) is 26.0 Å². The molecule has 96 valence electrons. The van der Waals surface area contributed by atoms with Gasteiger partial charge in [-0.15, -0.1) is 0 Å². The zero-order valence-electron chi connectivity index (χ0n) is 9.73. The molecular formula is C12H22F3N. The number of nitrogens with two attached hydrogens (primary N) is 1. The van der Waals surface area contributed by atoms with Gasteiger partial charge in [0.05, 0.1) is 0 Å². The molecule has 1 aliphatic rings. The zero-order chi connectivity index (χ0) is 12.0. The fourth-order valence-corrected chi connectivity index (χ4v) is 2.49. The first-order valence-corrected chi connectivity index (χ1v) is 6.30. The molecule has 1 nitrogen and oxygen atoms in total. The summed E-state index contributed by atoms with van der Waals surface area (Å²) >= 11 is 0. The molecule has 0 bridgehead atoms. The second-order valence-corrected chi connectivity index (χ2v) is 5.01. The van der Waals surface area contributed by atoms with Crippen molar-refractivity contribution in [3.8, 4) is 0 Å². The van der Waals surface area contributed by atoms with Crippen LogP contribution >= 0.6 is 0 Å². The Morgan fingerprint density at radius 2 is 1.62 bits per heavy atom. The molecule has 0 aromatic carbocycles. The van der Waals surface area contributed by atoms with E-state index in [1.54, 1.807) is 0 Å². The second-order valence-electron chi connectivity index (χ2n) is 5.01. The minimum absolute atomic E-state index is 0.0833. The first-order valence-electron chi connectivity index (χ1n) is 6.30. The highest BCUT2D eigenvalue weighted by molar-refractivity contribution is 4.72. The average molecular weight is 237 g/mol. The van der Waals surface area contributed by atoms with Crippen molar-refractivity contribution in [2.45, 2.75) is 70.0 Å². The van der Waals surface area contributed by atoms with Gasteiger partial charge in [-0.2, -0.15) is 13.2 Å². The van der Waals surface area contributed by atoms with Crippen molar-refractivity contribution in [3.05, 3.63) is 0 Å². The molecule has 1 atom stereocenters. The highest BCUT2D eigenvalue weighted by Gasteiger charge is 2.28. The third-order valence-corrected chi connectivity index (χ3v) is 3.41. The SMILES string of the molecule is NC(CCC(F)(F)F)CC1CCCCCC1. The van der Waals surface area contributed by atoms with Gasteiger partial charge in [0.25, 0.3) is 0 Å². The Labute approximate surface area is 95.6 Å². The van der Waals surface area contributed by atoms with Gasteiger partial charge < -0.3 is 5.73 Å². The van der Waals surface area contributed by atoms with E-state index < -0.39 is 12.6 Å². The lowest BCUT2D eigenvalue weighted by atomic mass is 9.91. The van der Waals surface area contributed by atoms with Crippen molar-refractivity contribution in [3.63, 3.8) is 0 Å². The lowest BCUT2D eigenvalue weighted by Crippen LogP contribution is -2.25. The molecule has 16 heavy (non-hydrogen) atoms. The molecule has 0 aromatic heterocycles. The first-order chi connectivity index (χ1) is 7.47. The lowest BCUT2D eigenvalue weighted by Gasteiger charge is -2.19. The van der Waals surface area contributed by atoms with Crippen molar-refractivity contribution >= 4 is 0 Å². The van der Waals surface area contributed by atoms with Gasteiger partial charge in [-0.05, 0) is 18.8 Å². The lowest BCUT2D eigenvalue weighted by molar-refractivity contribution is -0.136. The van der Waals surface area contributed by atoms with E-state index in [0.717, 1.165) is 19.3 Å². The summed E-state index contributed by atoms with van der Waals surface area (Å²) < 4.78 is 36.0. The van der Waals surface area contributed by atoms with Crippen LogP contribution in [0, 0.1) is 5.92 Å². The Balaban J connectivity index is 2.19. The second kappa shape index (κ2) is 6.48. The molecule has 4 heteroatoms. The van der Waals surface area contributed by atoms with Gasteiger partial charge in [0.2, 0.25) is 0 Å². The smallest absolute Gasteiger partial charge is 0.328 e. The maximum Gasteiger partial charge on any atom is 0.389 e. The molecule has 0 heterocycles. The van der Waals surface area contributed by atoms with Crippen molar-refractivity contribution in [2.75, 3.05) is 0 Å². The van der Waals surface area contributed by atoms with Gasteiger partial charge in [-0.1, -0.05) is 38.5 Å². The number of hydrogen-bond acceptors (Lipinski definition) is 1. The fraction of sp³-hybridized carbons (Fsp3) is 1.00. The van der Waals surface area contributed by atoms with Gasteiger partial charge in [-0.25, -0.2) is 0 Å². The average Bonchev–Trinajstić information content (AvgIpc) is 2.42. The van der Waals surface area contributed by atoms with Crippen LogP contribution in [0.1, 0.15) is 57.8 Å². The summed E-state index contributed by atoms with van der Waals surface area (Å²) in [7, 11) is 0. The molecule has 0 saturated heterocycles. The molecule has 0 aliphatic heterocycles. The van der Waals surface area contributed by atoms with Crippen LogP contribution in [0.3, 0.4) is 0 Å². The molecule has 1 fully saturated rings. The Morgan fingerprint density at radius 3 is 2.12 bits per heavy atom. The van der Waals surface area contributed by atoms with Gasteiger partial charge in [0.15, 0.2) is 0 Å². The Bertz CT molecular complexity index is 183. The monoisotopic (exact) mass is 237 g/mol. The molecule has 0 spiro atoms. The summed E-state index contributed by atoms with van der Waals surface area (Å²) in [6.45, 7) is 0. The van der Waals surface area contributed by atoms with Crippen LogP contribution in [-0.2, 0) is 0 Å². The van der Waals surface area contributed by atoms with Crippen LogP contribution in [0.2, 0.25) is 0 Å². The maximum absolute atomic E-state index is 12.0. The summed E-state index contributed by atoms with van der Waals surface area (Å²) in [6, 6.07) is -0.273. The number of hydrogen-bond donors (Lipinski definition) is 1. The van der Waals surface area contributed by atoms with Gasteiger partial charge in [0.1, 0.15) is 0 Å². The van der Waals surface area contributed by atoms with Gasteiger partial charge in [-0.3, -0.25) is 0 Å². The number of alkyl halides is 3. The van der Waals surface area contributed by atoms with Crippen LogP contribution in [0.15, 0.2) is 0 Å². The van der Waals surface area contributed by atoms with Crippen molar-refractivity contribution in [1.29, 1.82) is 0 Å². The molecule has 2 N–H and O–H groups in total. The Kier molecular flexibility index (Phi) is 5.59. The molecule has 1 aliphatic carbocycles. The fourth-order valence-electron chi connectivity index (χ4n) is 2.49. The van der Waals surface area contributed by atoms with Crippen LogP contribution in [-0.4, -0.2) is 12.2 Å². The van der Waals surface area contributed by atoms with E-state index in [0.29, 0.717) is 5.92 Å². The normalized spacial score (nSPS) is 21.8. The van der Waals surface area contributed by atoms with E-state index in [4.69, 9.17) is 5.73 Å². The summed E-state index contributed by atoms with van der Waals surface area (Å²) in [5.74, 6) is 0.561. The third-order valence-electron chi connectivity index (χ3n) is 3.41. The number of halogens is 3. The Morgan fingerprint density at radius 1 is 1.06 bits per heavy atom. The van der Waals surface area contributed by atoms with Crippen molar-refractivity contribution in [1.82, 2.24) is 0 Å². The summed E-state index contributed by atoms with van der Waals surface area (Å²) in [5.41, 5.74) is 5.76. The van der Waals surface area contributed by atoms with Crippen molar-refractivity contribution in [2.24, 2.45) is 11.7 Å². The molecule has 0 amide bonds. The molecular weight excluding hydrogens is 215 g/mol. The van der Waals surface area contributed by atoms with E-state index >= 15 is 0 Å². The third kappa shape index (κ3) is 6.36. The summed E-state index contributed by atoms with van der Waals surface area (Å²) in [4.78, 5) is 0. The van der Waals surface area contributed by atoms with Crippen LogP contribution in [0.4, 0.5) is 13.2 Å². The highest BCUT2D eigenvalue weighted by atomic mass is 19.4. The van der Waals surface area contributed by atoms with E-state index in [1.165, 1.54) is 25.7 Å². The van der Waals surface area contributed by atoms with Gasteiger partial charge >= 0.3 is 6.18 Å². The predicted octanol–water partition coefficient (Wildman–Crippen LogP) is 4.02. The standard InChI is InChI=1S/C12H22F3N/c13-12(14,15)8-7-11(16)9-10-5-3-1-2-4-6-10/h10-11H,1-9,16H2. The summed E-state index contributed by atoms with van der Waals surface area (Å²) in [6.07, 6.45) is 3.35. The molecule has 1 saturated carbocycles. The zero-order valence-corrected chi connectivity index (χ0v) is 9.73. The van der Waals surface area contributed by atoms with Crippen LogP contribution < -0.4 is 5.73 Å². The molecule has 1 rings (SSSR count). The van der Waals surface area contributed by atoms with E-state index in [2.05, 4.69) is 0 Å². The first kappa shape index (κ1) is 13.8. The maximum atomic E-state index is 12.0. The largest absolute Gasteiger partial charge is 0.389 e. The molecule has 0 aromatic rings.